The predicted molar refractivity (Wildman–Crippen MR) is 138 cm³/mol. The van der Waals surface area contributed by atoms with Crippen LogP contribution in [0.25, 0.3) is 0 Å². The minimum atomic E-state index is -0.817. The van der Waals surface area contributed by atoms with Gasteiger partial charge in [0.05, 0.1) is 26.2 Å². The molecule has 0 bridgehead atoms. The molecule has 0 aliphatic carbocycles. The third-order valence-corrected chi connectivity index (χ3v) is 5.41. The largest absolute Gasteiger partial charge is 0.383 e. The van der Waals surface area contributed by atoms with Gasteiger partial charge in [0, 0.05) is 19.3 Å². The van der Waals surface area contributed by atoms with Gasteiger partial charge in [-0.25, -0.2) is 9.18 Å². The second-order valence-corrected chi connectivity index (χ2v) is 8.33. The monoisotopic (exact) mass is 512 g/mol. The van der Waals surface area contributed by atoms with Gasteiger partial charge in [0.25, 0.3) is 5.56 Å². The maximum Gasteiger partial charge on any atom is 0.330 e. The van der Waals surface area contributed by atoms with E-state index in [0.717, 1.165) is 10.5 Å². The number of rotatable bonds is 11. The van der Waals surface area contributed by atoms with Gasteiger partial charge in [0.15, 0.2) is 5.69 Å². The minimum absolute atomic E-state index is 0.0184. The molecule has 2 amide bonds. The van der Waals surface area contributed by atoms with E-state index in [0.29, 0.717) is 0 Å². The molecule has 0 spiro atoms. The van der Waals surface area contributed by atoms with Crippen LogP contribution in [0.1, 0.15) is 5.56 Å². The first-order valence-corrected chi connectivity index (χ1v) is 11.4. The van der Waals surface area contributed by atoms with Gasteiger partial charge in [-0.05, 0) is 30.8 Å². The van der Waals surface area contributed by atoms with Gasteiger partial charge in [-0.1, -0.05) is 36.4 Å². The highest BCUT2D eigenvalue weighted by Crippen LogP contribution is 2.18. The fraction of sp³-hybridized carbons (Fsp3) is 0.280. The summed E-state index contributed by atoms with van der Waals surface area (Å²) in [6.45, 7) is -0.278. The number of carbonyl (C=O) groups excluding carboxylic acids is 2. The van der Waals surface area contributed by atoms with E-state index in [9.17, 15) is 23.6 Å². The number of H-pyrrole nitrogens is 1. The number of nitrogens with two attached hydrogens (primary N) is 1. The van der Waals surface area contributed by atoms with Crippen LogP contribution in [0.4, 0.5) is 21.6 Å². The van der Waals surface area contributed by atoms with Gasteiger partial charge in [0.2, 0.25) is 11.8 Å². The molecule has 3 aromatic rings. The summed E-state index contributed by atoms with van der Waals surface area (Å²) in [5.74, 6) is -1.67. The number of hydrogen-bond acceptors (Lipinski definition) is 7. The van der Waals surface area contributed by atoms with Gasteiger partial charge in [0.1, 0.15) is 11.6 Å². The summed E-state index contributed by atoms with van der Waals surface area (Å²) < 4.78 is 19.6. The molecule has 0 unspecified atom stereocenters. The number of ether oxygens (including phenoxy) is 1. The molecule has 0 atom stereocenters. The summed E-state index contributed by atoms with van der Waals surface area (Å²) in [4.78, 5) is 55.7. The third kappa shape index (κ3) is 7.35. The molecule has 11 nitrogen and oxygen atoms in total. The number of aromatic nitrogens is 2. The lowest BCUT2D eigenvalue weighted by molar-refractivity contribution is -0.121. The van der Waals surface area contributed by atoms with Gasteiger partial charge < -0.3 is 20.7 Å². The Kier molecular flexibility index (Phi) is 9.30. The lowest BCUT2D eigenvalue weighted by atomic mass is 10.2. The zero-order valence-electron chi connectivity index (χ0n) is 20.6. The van der Waals surface area contributed by atoms with Crippen molar-refractivity contribution in [1.29, 1.82) is 0 Å². The van der Waals surface area contributed by atoms with Crippen molar-refractivity contribution in [3.63, 3.8) is 0 Å². The van der Waals surface area contributed by atoms with Crippen molar-refractivity contribution >= 4 is 29.0 Å². The highest BCUT2D eigenvalue weighted by atomic mass is 19.1. The Balaban J connectivity index is 1.80. The SMILES string of the molecule is COCCN(C(=O)CN(C)CC(=O)Nc1cccc(F)c1)c1c(N)n(Cc2ccccc2)c(=O)[nH]c1=O. The van der Waals surface area contributed by atoms with Crippen LogP contribution in [-0.2, 0) is 20.9 Å². The van der Waals surface area contributed by atoms with E-state index in [1.807, 2.05) is 6.07 Å². The van der Waals surface area contributed by atoms with Crippen molar-refractivity contribution < 1.29 is 18.7 Å². The maximum absolute atomic E-state index is 13.4. The van der Waals surface area contributed by atoms with Gasteiger partial charge in [-0.3, -0.25) is 28.8 Å². The average molecular weight is 513 g/mol. The number of nitrogen functional groups attached to an aromatic ring is 1. The number of halogens is 1. The van der Waals surface area contributed by atoms with Crippen molar-refractivity contribution in [1.82, 2.24) is 14.5 Å². The lowest BCUT2D eigenvalue weighted by Gasteiger charge is -2.26. The smallest absolute Gasteiger partial charge is 0.330 e. The summed E-state index contributed by atoms with van der Waals surface area (Å²) in [6.07, 6.45) is 0. The fourth-order valence-electron chi connectivity index (χ4n) is 3.69. The molecule has 196 valence electrons. The third-order valence-electron chi connectivity index (χ3n) is 5.41. The lowest BCUT2D eigenvalue weighted by Crippen LogP contribution is -2.46. The number of nitrogens with zero attached hydrogens (tertiary/aromatic N) is 3. The average Bonchev–Trinajstić information content (AvgIpc) is 2.84. The molecule has 0 saturated heterocycles. The van der Waals surface area contributed by atoms with Gasteiger partial charge >= 0.3 is 5.69 Å². The minimum Gasteiger partial charge on any atom is -0.383 e. The van der Waals surface area contributed by atoms with E-state index >= 15 is 0 Å². The Labute approximate surface area is 212 Å². The first-order valence-electron chi connectivity index (χ1n) is 11.4. The first kappa shape index (κ1) is 27.3. The number of hydrogen-bond donors (Lipinski definition) is 3. The molecule has 0 aliphatic rings. The van der Waals surface area contributed by atoms with Crippen LogP contribution in [0, 0.1) is 5.82 Å². The van der Waals surface area contributed by atoms with Crippen molar-refractivity contribution in [3.8, 4) is 0 Å². The summed E-state index contributed by atoms with van der Waals surface area (Å²) in [5, 5.41) is 2.56. The van der Waals surface area contributed by atoms with Crippen molar-refractivity contribution in [3.05, 3.63) is 86.8 Å². The highest BCUT2D eigenvalue weighted by Gasteiger charge is 2.25. The highest BCUT2D eigenvalue weighted by molar-refractivity contribution is 5.97. The van der Waals surface area contributed by atoms with Crippen LogP contribution in [0.15, 0.2) is 64.2 Å². The Morgan fingerprint density at radius 2 is 1.84 bits per heavy atom. The molecular formula is C25H29FN6O5. The number of carbonyl (C=O) groups is 2. The van der Waals surface area contributed by atoms with E-state index < -0.39 is 28.9 Å². The van der Waals surface area contributed by atoms with Gasteiger partial charge in [-0.15, -0.1) is 0 Å². The molecule has 0 fully saturated rings. The number of methoxy groups -OCH3 is 1. The molecule has 3 rings (SSSR count). The molecule has 4 N–H and O–H groups in total. The maximum atomic E-state index is 13.4. The summed E-state index contributed by atoms with van der Waals surface area (Å²) in [7, 11) is 2.98. The van der Waals surface area contributed by atoms with Crippen molar-refractivity contribution in [2.75, 3.05) is 56.3 Å². The van der Waals surface area contributed by atoms with Crippen molar-refractivity contribution in [2.45, 2.75) is 6.54 Å². The van der Waals surface area contributed by atoms with Gasteiger partial charge in [-0.2, -0.15) is 0 Å². The predicted octanol–water partition coefficient (Wildman–Crippen LogP) is 0.856. The number of anilines is 3. The molecule has 12 heteroatoms. The van der Waals surface area contributed by atoms with Crippen LogP contribution in [0.2, 0.25) is 0 Å². The van der Waals surface area contributed by atoms with Crippen LogP contribution in [0.3, 0.4) is 0 Å². The normalized spacial score (nSPS) is 10.9. The summed E-state index contributed by atoms with van der Waals surface area (Å²) in [5.41, 5.74) is 5.60. The Hall–Kier alpha value is -4.29. The van der Waals surface area contributed by atoms with Crippen LogP contribution in [0.5, 0.6) is 0 Å². The first-order chi connectivity index (χ1) is 17.7. The van der Waals surface area contributed by atoms with Crippen LogP contribution in [-0.4, -0.2) is 66.7 Å². The molecular weight excluding hydrogens is 483 g/mol. The zero-order chi connectivity index (χ0) is 26.9. The molecule has 1 heterocycles. The topological polar surface area (TPSA) is 143 Å². The van der Waals surface area contributed by atoms with E-state index in [4.69, 9.17) is 10.5 Å². The second kappa shape index (κ2) is 12.6. The molecule has 0 aliphatic heterocycles. The molecule has 37 heavy (non-hydrogen) atoms. The number of likely N-dealkylation sites (N-methyl/N-ethyl adjacent to an activating group) is 1. The van der Waals surface area contributed by atoms with Crippen LogP contribution < -0.4 is 27.2 Å². The molecule has 2 aromatic carbocycles. The second-order valence-electron chi connectivity index (χ2n) is 8.33. The van der Waals surface area contributed by atoms with Crippen LogP contribution >= 0.6 is 0 Å². The van der Waals surface area contributed by atoms with Crippen molar-refractivity contribution in [2.24, 2.45) is 0 Å². The molecule has 0 radical (unpaired) electrons. The molecule has 1 aromatic heterocycles. The zero-order valence-corrected chi connectivity index (χ0v) is 20.6. The Morgan fingerprint density at radius 3 is 2.51 bits per heavy atom. The Morgan fingerprint density at radius 1 is 1.11 bits per heavy atom. The van der Waals surface area contributed by atoms with E-state index in [1.165, 1.54) is 40.8 Å². The van der Waals surface area contributed by atoms with E-state index in [1.54, 1.807) is 31.3 Å². The number of amides is 2. The number of benzene rings is 2. The van der Waals surface area contributed by atoms with E-state index in [-0.39, 0.29) is 50.0 Å². The summed E-state index contributed by atoms with van der Waals surface area (Å²) in [6, 6.07) is 14.5. The standard InChI is InChI=1S/C25H29FN6O5/c1-30(15-20(33)28-19-10-6-9-18(26)13-19)16-21(34)31(11-12-37-2)22-23(27)32(25(36)29-24(22)35)14-17-7-4-3-5-8-17/h3-10,13H,11-12,14-16,27H2,1-2H3,(H,28,33)(H,29,35,36). The Bertz CT molecular complexity index is 1360. The quantitative estimate of drug-likeness (QED) is 0.346. The number of nitrogens with one attached hydrogen (secondary N) is 2. The molecule has 0 saturated carbocycles. The summed E-state index contributed by atoms with van der Waals surface area (Å²) >= 11 is 0. The van der Waals surface area contributed by atoms with E-state index in [2.05, 4.69) is 10.3 Å². The number of aromatic amines is 1. The fourth-order valence-corrected chi connectivity index (χ4v) is 3.69.